The number of nitrogens with zero attached hydrogens (tertiary/aromatic N) is 4. The van der Waals surface area contributed by atoms with Crippen molar-refractivity contribution in [1.82, 2.24) is 9.97 Å². The first-order chi connectivity index (χ1) is 23.3. The van der Waals surface area contributed by atoms with Crippen molar-refractivity contribution in [3.63, 3.8) is 0 Å². The van der Waals surface area contributed by atoms with Crippen LogP contribution in [0.2, 0.25) is 10.0 Å². The molecule has 0 bridgehead atoms. The van der Waals surface area contributed by atoms with E-state index in [1.807, 2.05) is 54.6 Å². The minimum Gasteiger partial charge on any atom is -0.404 e. The maximum Gasteiger partial charge on any atom is 0.335 e. The lowest BCUT2D eigenvalue weighted by Crippen LogP contribution is -2.46. The van der Waals surface area contributed by atoms with E-state index in [1.54, 1.807) is 24.3 Å². The van der Waals surface area contributed by atoms with Gasteiger partial charge < -0.3 is 4.43 Å². The minimum absolute atomic E-state index is 0.0368. The van der Waals surface area contributed by atoms with Crippen LogP contribution in [0.5, 0.6) is 0 Å². The SMILES string of the molecule is CC(C)(C)CC(O[SiH](c1ccccc1)c1ccccc1)c1cccc(N2C(=O)N(c3c(Cl)cccc3Cl)Cc3cnc(S(C)(=O)=O)nc32)c1. The summed E-state index contributed by atoms with van der Waals surface area (Å²) in [6, 6.07) is 32.7. The predicted molar refractivity (Wildman–Crippen MR) is 199 cm³/mol. The molecule has 0 saturated heterocycles. The molecule has 49 heavy (non-hydrogen) atoms. The van der Waals surface area contributed by atoms with E-state index in [0.29, 0.717) is 33.4 Å². The summed E-state index contributed by atoms with van der Waals surface area (Å²) in [6.45, 7) is 6.56. The molecule has 2 heterocycles. The smallest absolute Gasteiger partial charge is 0.335 e. The third-order valence-electron chi connectivity index (χ3n) is 8.12. The zero-order valence-corrected chi connectivity index (χ0v) is 31.0. The molecule has 0 spiro atoms. The highest BCUT2D eigenvalue weighted by molar-refractivity contribution is 7.90. The van der Waals surface area contributed by atoms with Crippen LogP contribution in [0, 0.1) is 5.41 Å². The number of amides is 2. The van der Waals surface area contributed by atoms with Crippen molar-refractivity contribution in [2.24, 2.45) is 5.41 Å². The summed E-state index contributed by atoms with van der Waals surface area (Å²) in [7, 11) is -5.96. The number of anilines is 3. The van der Waals surface area contributed by atoms with Crippen molar-refractivity contribution in [2.75, 3.05) is 16.1 Å². The number of para-hydroxylation sites is 1. The molecular weight excluding hydrogens is 695 g/mol. The van der Waals surface area contributed by atoms with Crippen molar-refractivity contribution < 1.29 is 17.6 Å². The molecule has 1 unspecified atom stereocenters. The van der Waals surface area contributed by atoms with Crippen LogP contribution in [0.15, 0.2) is 114 Å². The Morgan fingerprint density at radius 1 is 0.878 bits per heavy atom. The monoisotopic (exact) mass is 730 g/mol. The number of urea groups is 1. The van der Waals surface area contributed by atoms with E-state index in [0.717, 1.165) is 22.2 Å². The van der Waals surface area contributed by atoms with Gasteiger partial charge in [0.05, 0.1) is 34.1 Å². The Morgan fingerprint density at radius 2 is 1.47 bits per heavy atom. The zero-order chi connectivity index (χ0) is 34.9. The van der Waals surface area contributed by atoms with E-state index in [2.05, 4.69) is 55.0 Å². The number of aromatic nitrogens is 2. The Labute approximate surface area is 299 Å². The second-order valence-corrected chi connectivity index (χ2v) is 18.3. The Kier molecular flexibility index (Phi) is 9.97. The standard InChI is InChI=1S/C37H36Cl2N4O4SSi/c1-37(2,3)22-32(47-49(28-15-7-5-8-16-28)29-17-9-6-10-18-29)25-13-11-14-27(21-25)43-34-26(23-40-35(41-34)48(4,45)46)24-42(36(43)44)33-30(38)19-12-20-31(33)39/h5-21,23,32,49H,22,24H2,1-4H3. The highest BCUT2D eigenvalue weighted by atomic mass is 35.5. The molecule has 0 aliphatic carbocycles. The van der Waals surface area contributed by atoms with Gasteiger partial charge in [-0.2, -0.15) is 4.98 Å². The van der Waals surface area contributed by atoms with Crippen molar-refractivity contribution >= 4 is 75.7 Å². The van der Waals surface area contributed by atoms with Crippen LogP contribution in [0.3, 0.4) is 0 Å². The summed E-state index contributed by atoms with van der Waals surface area (Å²) in [4.78, 5) is 25.9. The molecule has 0 saturated carbocycles. The predicted octanol–water partition coefficient (Wildman–Crippen LogP) is 7.50. The molecule has 8 nitrogen and oxygen atoms in total. The fourth-order valence-corrected chi connectivity index (χ4v) is 9.43. The van der Waals surface area contributed by atoms with Gasteiger partial charge in [-0.1, -0.05) is 123 Å². The first-order valence-electron chi connectivity index (χ1n) is 15.8. The molecule has 5 aromatic rings. The lowest BCUT2D eigenvalue weighted by molar-refractivity contribution is 0.150. The van der Waals surface area contributed by atoms with E-state index >= 15 is 0 Å². The van der Waals surface area contributed by atoms with Crippen LogP contribution in [0.1, 0.15) is 44.4 Å². The number of benzene rings is 4. The largest absolute Gasteiger partial charge is 0.404 e. The third kappa shape index (κ3) is 7.74. The van der Waals surface area contributed by atoms with Gasteiger partial charge in [0.1, 0.15) is 0 Å². The summed E-state index contributed by atoms with van der Waals surface area (Å²) in [5.74, 6) is 0.172. The van der Waals surface area contributed by atoms with Gasteiger partial charge >= 0.3 is 6.03 Å². The fraction of sp³-hybridized carbons (Fsp3) is 0.216. The molecule has 1 atom stereocenters. The zero-order valence-electron chi connectivity index (χ0n) is 27.5. The van der Waals surface area contributed by atoms with Gasteiger partial charge in [0.2, 0.25) is 24.0 Å². The van der Waals surface area contributed by atoms with Crippen LogP contribution >= 0.6 is 23.2 Å². The second kappa shape index (κ2) is 14.0. The highest BCUT2D eigenvalue weighted by Gasteiger charge is 2.37. The number of rotatable bonds is 9. The molecule has 0 fully saturated rings. The van der Waals surface area contributed by atoms with Gasteiger partial charge in [-0.25, -0.2) is 23.1 Å². The molecule has 4 aromatic carbocycles. The molecule has 0 N–H and O–H groups in total. The number of halogens is 2. The summed E-state index contributed by atoms with van der Waals surface area (Å²) in [5.41, 5.74) is 2.11. The van der Waals surface area contributed by atoms with Gasteiger partial charge in [-0.15, -0.1) is 0 Å². The van der Waals surface area contributed by atoms with E-state index < -0.39 is 24.9 Å². The lowest BCUT2D eigenvalue weighted by Gasteiger charge is -2.37. The third-order valence-corrected chi connectivity index (χ3v) is 12.2. The molecule has 6 rings (SSSR count). The average molecular weight is 732 g/mol. The number of carbonyl (C=O) groups is 1. The second-order valence-electron chi connectivity index (χ2n) is 13.2. The van der Waals surface area contributed by atoms with E-state index in [-0.39, 0.29) is 29.0 Å². The van der Waals surface area contributed by atoms with E-state index in [9.17, 15) is 13.2 Å². The number of hydrogen-bond donors (Lipinski definition) is 0. The van der Waals surface area contributed by atoms with Crippen LogP contribution in [-0.4, -0.2) is 39.7 Å². The molecule has 12 heteroatoms. The lowest BCUT2D eigenvalue weighted by atomic mass is 9.87. The van der Waals surface area contributed by atoms with Crippen LogP contribution in [0.4, 0.5) is 22.0 Å². The molecule has 1 aliphatic rings. The van der Waals surface area contributed by atoms with Gasteiger partial charge in [0, 0.05) is 18.0 Å². The van der Waals surface area contributed by atoms with Crippen LogP contribution in [0.25, 0.3) is 0 Å². The minimum atomic E-state index is -3.78. The van der Waals surface area contributed by atoms with Gasteiger partial charge in [0.25, 0.3) is 0 Å². The first-order valence-corrected chi connectivity index (χ1v) is 20.0. The highest BCUT2D eigenvalue weighted by Crippen LogP contribution is 2.42. The summed E-state index contributed by atoms with van der Waals surface area (Å²) in [5, 5.41) is 2.52. The maximum atomic E-state index is 14.5. The summed E-state index contributed by atoms with van der Waals surface area (Å²) < 4.78 is 32.3. The number of hydrogen-bond acceptors (Lipinski definition) is 6. The molecular formula is C37H36Cl2N4O4SSi. The van der Waals surface area contributed by atoms with Gasteiger partial charge in [-0.3, -0.25) is 4.90 Å². The Morgan fingerprint density at radius 3 is 2.04 bits per heavy atom. The topological polar surface area (TPSA) is 92.7 Å². The van der Waals surface area contributed by atoms with Crippen LogP contribution in [-0.2, 0) is 20.8 Å². The van der Waals surface area contributed by atoms with Crippen molar-refractivity contribution in [2.45, 2.75) is 45.0 Å². The average Bonchev–Trinajstić information content (AvgIpc) is 3.06. The van der Waals surface area contributed by atoms with E-state index in [4.69, 9.17) is 27.6 Å². The Balaban J connectivity index is 1.48. The van der Waals surface area contributed by atoms with Crippen molar-refractivity contribution in [3.05, 3.63) is 130 Å². The normalized spacial score (nSPS) is 14.2. The van der Waals surface area contributed by atoms with E-state index in [1.165, 1.54) is 16.0 Å². The Bertz CT molecular complexity index is 2040. The molecule has 1 aliphatic heterocycles. The van der Waals surface area contributed by atoms with Gasteiger partial charge in [-0.05, 0) is 52.0 Å². The van der Waals surface area contributed by atoms with Crippen molar-refractivity contribution in [1.29, 1.82) is 0 Å². The first kappa shape index (κ1) is 34.8. The van der Waals surface area contributed by atoms with Crippen LogP contribution < -0.4 is 20.2 Å². The number of fused-ring (bicyclic) bond motifs is 1. The molecule has 0 radical (unpaired) electrons. The summed E-state index contributed by atoms with van der Waals surface area (Å²) >= 11 is 13.2. The maximum absolute atomic E-state index is 14.5. The molecule has 1 aromatic heterocycles. The Hall–Kier alpha value is -4.06. The number of carbonyl (C=O) groups excluding carboxylic acids is 1. The van der Waals surface area contributed by atoms with Crippen molar-refractivity contribution in [3.8, 4) is 0 Å². The number of sulfone groups is 1. The van der Waals surface area contributed by atoms with Gasteiger partial charge in [0.15, 0.2) is 5.82 Å². The quantitative estimate of drug-likeness (QED) is 0.115. The molecule has 2 amide bonds. The molecule has 252 valence electrons. The summed E-state index contributed by atoms with van der Waals surface area (Å²) in [6.07, 6.45) is 2.84. The fourth-order valence-electron chi connectivity index (χ4n) is 5.90.